The molecular formula is C19H18ClNO. The fourth-order valence-electron chi connectivity index (χ4n) is 2.36. The zero-order valence-corrected chi connectivity index (χ0v) is 13.3. The number of hydrogen-bond acceptors (Lipinski definition) is 2. The van der Waals surface area contributed by atoms with Crippen LogP contribution in [0.15, 0.2) is 60.4 Å². The molecule has 3 heteroatoms. The van der Waals surface area contributed by atoms with Crippen molar-refractivity contribution in [2.24, 2.45) is 0 Å². The number of methoxy groups -OCH3 is 1. The minimum Gasteiger partial charge on any atom is -0.500 e. The van der Waals surface area contributed by atoms with E-state index in [0.29, 0.717) is 16.4 Å². The van der Waals surface area contributed by atoms with Crippen LogP contribution in [0.2, 0.25) is 5.02 Å². The smallest absolute Gasteiger partial charge is 0.114 e. The number of rotatable bonds is 6. The molecule has 0 unspecified atom stereocenters. The monoisotopic (exact) mass is 311 g/mol. The summed E-state index contributed by atoms with van der Waals surface area (Å²) in [5, 5.41) is 10.1. The van der Waals surface area contributed by atoms with Gasteiger partial charge in [-0.3, -0.25) is 0 Å². The molecule has 0 saturated heterocycles. The number of hydrogen-bond donors (Lipinski definition) is 0. The summed E-state index contributed by atoms with van der Waals surface area (Å²) < 4.78 is 5.45. The number of nitriles is 1. The van der Waals surface area contributed by atoms with Crippen molar-refractivity contribution in [3.8, 4) is 6.07 Å². The normalized spacial score (nSPS) is 11.5. The van der Waals surface area contributed by atoms with Crippen LogP contribution in [0.4, 0.5) is 0 Å². The van der Waals surface area contributed by atoms with E-state index in [4.69, 9.17) is 16.3 Å². The molecule has 0 aliphatic rings. The summed E-state index contributed by atoms with van der Waals surface area (Å²) in [4.78, 5) is 0. The maximum Gasteiger partial charge on any atom is 0.114 e. The molecule has 0 aliphatic carbocycles. The Morgan fingerprint density at radius 2 is 1.91 bits per heavy atom. The van der Waals surface area contributed by atoms with Crippen molar-refractivity contribution in [2.75, 3.05) is 7.11 Å². The van der Waals surface area contributed by atoms with Gasteiger partial charge in [-0.15, -0.1) is 0 Å². The third kappa shape index (κ3) is 4.38. The molecule has 0 aromatic heterocycles. The van der Waals surface area contributed by atoms with Gasteiger partial charge >= 0.3 is 0 Å². The van der Waals surface area contributed by atoms with E-state index in [9.17, 15) is 5.26 Å². The molecule has 112 valence electrons. The van der Waals surface area contributed by atoms with Crippen molar-refractivity contribution in [3.63, 3.8) is 0 Å². The van der Waals surface area contributed by atoms with Crippen LogP contribution in [0.5, 0.6) is 0 Å². The van der Waals surface area contributed by atoms with Gasteiger partial charge in [-0.25, -0.2) is 0 Å². The SMILES string of the molecule is CO/C(CCCc1ccccc1)=C(/C#N)c1cccc(Cl)c1. The lowest BCUT2D eigenvalue weighted by Gasteiger charge is -2.10. The molecule has 2 nitrogen and oxygen atoms in total. The Hall–Kier alpha value is -2.24. The van der Waals surface area contributed by atoms with Gasteiger partial charge in [0.2, 0.25) is 0 Å². The lowest BCUT2D eigenvalue weighted by molar-refractivity contribution is 0.278. The molecule has 0 amide bonds. The fourth-order valence-corrected chi connectivity index (χ4v) is 2.55. The van der Waals surface area contributed by atoms with Gasteiger partial charge in [0, 0.05) is 11.4 Å². The van der Waals surface area contributed by atoms with Gasteiger partial charge in [0.25, 0.3) is 0 Å². The standard InChI is InChI=1S/C19H18ClNO/c1-22-19(12-5-9-15-7-3-2-4-8-15)18(14-21)16-10-6-11-17(20)13-16/h2-4,6-8,10-11,13H,5,9,12H2,1H3/b19-18-. The number of nitrogens with zero attached hydrogens (tertiary/aromatic N) is 1. The van der Waals surface area contributed by atoms with Crippen molar-refractivity contribution in [1.29, 1.82) is 5.26 Å². The Morgan fingerprint density at radius 1 is 1.14 bits per heavy atom. The maximum absolute atomic E-state index is 9.46. The van der Waals surface area contributed by atoms with Crippen LogP contribution in [-0.2, 0) is 11.2 Å². The number of halogens is 1. The highest BCUT2D eigenvalue weighted by Crippen LogP contribution is 2.24. The molecular weight excluding hydrogens is 294 g/mol. The predicted octanol–water partition coefficient (Wildman–Crippen LogP) is 5.24. The van der Waals surface area contributed by atoms with Crippen LogP contribution >= 0.6 is 11.6 Å². The molecule has 22 heavy (non-hydrogen) atoms. The molecule has 0 fully saturated rings. The van der Waals surface area contributed by atoms with Gasteiger partial charge in [0.15, 0.2) is 0 Å². The first kappa shape index (κ1) is 16.1. The Bertz CT molecular complexity index is 686. The topological polar surface area (TPSA) is 33.0 Å². The van der Waals surface area contributed by atoms with Gasteiger partial charge in [0.1, 0.15) is 11.8 Å². The molecule has 0 atom stereocenters. The van der Waals surface area contributed by atoms with Crippen LogP contribution < -0.4 is 0 Å². The number of allylic oxidation sites excluding steroid dienone is 2. The van der Waals surface area contributed by atoms with Crippen LogP contribution in [0.3, 0.4) is 0 Å². The zero-order valence-electron chi connectivity index (χ0n) is 12.6. The summed E-state index contributed by atoms with van der Waals surface area (Å²) in [6.45, 7) is 0. The summed E-state index contributed by atoms with van der Waals surface area (Å²) >= 11 is 6.01. The lowest BCUT2D eigenvalue weighted by Crippen LogP contribution is -1.96. The van der Waals surface area contributed by atoms with E-state index in [1.165, 1.54) is 5.56 Å². The third-order valence-corrected chi connectivity index (χ3v) is 3.70. The van der Waals surface area contributed by atoms with Crippen LogP contribution in [0.1, 0.15) is 24.0 Å². The highest BCUT2D eigenvalue weighted by atomic mass is 35.5. The molecule has 2 aromatic rings. The van der Waals surface area contributed by atoms with Crippen molar-refractivity contribution in [2.45, 2.75) is 19.3 Å². The van der Waals surface area contributed by atoms with Gasteiger partial charge in [-0.2, -0.15) is 5.26 Å². The number of benzene rings is 2. The molecule has 0 spiro atoms. The van der Waals surface area contributed by atoms with E-state index in [0.717, 1.165) is 24.8 Å². The third-order valence-electron chi connectivity index (χ3n) is 3.46. The number of ether oxygens (including phenoxy) is 1. The molecule has 0 N–H and O–H groups in total. The molecule has 0 bridgehead atoms. The Morgan fingerprint density at radius 3 is 2.55 bits per heavy atom. The van der Waals surface area contributed by atoms with E-state index >= 15 is 0 Å². The highest BCUT2D eigenvalue weighted by Gasteiger charge is 2.10. The second kappa shape index (κ2) is 8.26. The van der Waals surface area contributed by atoms with Crippen LogP contribution in [0, 0.1) is 11.3 Å². The van der Waals surface area contributed by atoms with E-state index in [1.54, 1.807) is 19.2 Å². The molecule has 2 rings (SSSR count). The maximum atomic E-state index is 9.46. The number of aryl methyl sites for hydroxylation is 1. The largest absolute Gasteiger partial charge is 0.500 e. The average molecular weight is 312 g/mol. The summed E-state index contributed by atoms with van der Waals surface area (Å²) in [5.41, 5.74) is 2.64. The van der Waals surface area contributed by atoms with Crippen molar-refractivity contribution >= 4 is 17.2 Å². The fraction of sp³-hybridized carbons (Fsp3) is 0.211. The predicted molar refractivity (Wildman–Crippen MR) is 90.4 cm³/mol. The quantitative estimate of drug-likeness (QED) is 0.539. The Labute approximate surface area is 136 Å². The lowest BCUT2D eigenvalue weighted by atomic mass is 10.0. The van der Waals surface area contributed by atoms with Crippen molar-refractivity contribution < 1.29 is 4.74 Å². The van der Waals surface area contributed by atoms with Crippen LogP contribution in [-0.4, -0.2) is 7.11 Å². The second-order valence-corrected chi connectivity index (χ2v) is 5.40. The van der Waals surface area contributed by atoms with E-state index < -0.39 is 0 Å². The van der Waals surface area contributed by atoms with Crippen LogP contribution in [0.25, 0.3) is 5.57 Å². The van der Waals surface area contributed by atoms with Crippen molar-refractivity contribution in [3.05, 3.63) is 76.5 Å². The summed E-state index contributed by atoms with van der Waals surface area (Å²) in [6.07, 6.45) is 2.61. The summed E-state index contributed by atoms with van der Waals surface area (Å²) in [6, 6.07) is 19.8. The minimum atomic E-state index is 0.554. The van der Waals surface area contributed by atoms with E-state index in [-0.39, 0.29) is 0 Å². The van der Waals surface area contributed by atoms with E-state index in [2.05, 4.69) is 18.2 Å². The van der Waals surface area contributed by atoms with Gasteiger partial charge < -0.3 is 4.74 Å². The van der Waals surface area contributed by atoms with E-state index in [1.807, 2.05) is 30.3 Å². The first-order valence-electron chi connectivity index (χ1n) is 7.21. The van der Waals surface area contributed by atoms with Gasteiger partial charge in [-0.1, -0.05) is 54.1 Å². The summed E-state index contributed by atoms with van der Waals surface area (Å²) in [5.74, 6) is 0.709. The molecule has 2 aromatic carbocycles. The van der Waals surface area contributed by atoms with Gasteiger partial charge in [-0.05, 0) is 36.1 Å². The summed E-state index contributed by atoms with van der Waals surface area (Å²) in [7, 11) is 1.61. The molecule has 0 aliphatic heterocycles. The molecule has 0 radical (unpaired) electrons. The molecule has 0 heterocycles. The molecule has 0 saturated carbocycles. The second-order valence-electron chi connectivity index (χ2n) is 4.96. The Kier molecular flexibility index (Phi) is 6.06. The van der Waals surface area contributed by atoms with Crippen molar-refractivity contribution in [1.82, 2.24) is 0 Å². The Balaban J connectivity index is 2.12. The minimum absolute atomic E-state index is 0.554. The highest BCUT2D eigenvalue weighted by molar-refractivity contribution is 6.30. The zero-order chi connectivity index (χ0) is 15.8. The average Bonchev–Trinajstić information content (AvgIpc) is 2.55. The first-order valence-corrected chi connectivity index (χ1v) is 7.59. The van der Waals surface area contributed by atoms with Gasteiger partial charge in [0.05, 0.1) is 12.7 Å². The first-order chi connectivity index (χ1) is 10.7.